The van der Waals surface area contributed by atoms with Gasteiger partial charge in [0, 0.05) is 25.0 Å². The Bertz CT molecular complexity index is 196. The standard InChI is InChI=1S/C6H9NO4S/c8-5(9)1-2-7-3-4-11-6(10)12-7/h1-4H2,(H,8,9). The highest BCUT2D eigenvalue weighted by Crippen LogP contribution is 2.17. The Morgan fingerprint density at radius 1 is 1.75 bits per heavy atom. The van der Waals surface area contributed by atoms with Gasteiger partial charge in [0.1, 0.15) is 6.61 Å². The van der Waals surface area contributed by atoms with Gasteiger partial charge in [-0.25, -0.2) is 9.10 Å². The van der Waals surface area contributed by atoms with E-state index in [1.54, 1.807) is 4.31 Å². The van der Waals surface area contributed by atoms with Crippen LogP contribution in [0.2, 0.25) is 0 Å². The highest BCUT2D eigenvalue weighted by Gasteiger charge is 2.19. The molecule has 0 saturated carbocycles. The van der Waals surface area contributed by atoms with E-state index in [1.165, 1.54) is 0 Å². The number of rotatable bonds is 3. The minimum absolute atomic E-state index is 0.0558. The molecule has 0 radical (unpaired) electrons. The molecule has 1 N–H and O–H groups in total. The Morgan fingerprint density at radius 3 is 3.08 bits per heavy atom. The fourth-order valence-corrected chi connectivity index (χ4v) is 1.48. The largest absolute Gasteiger partial charge is 0.481 e. The molecule has 68 valence electrons. The minimum atomic E-state index is -0.852. The van der Waals surface area contributed by atoms with Crippen molar-refractivity contribution in [2.75, 3.05) is 19.7 Å². The van der Waals surface area contributed by atoms with Crippen molar-refractivity contribution in [2.45, 2.75) is 6.42 Å². The van der Waals surface area contributed by atoms with Gasteiger partial charge >= 0.3 is 11.3 Å². The number of cyclic esters (lactones) is 1. The number of ether oxygens (including phenoxy) is 1. The van der Waals surface area contributed by atoms with Crippen molar-refractivity contribution >= 4 is 23.2 Å². The lowest BCUT2D eigenvalue weighted by Gasteiger charge is -2.22. The Morgan fingerprint density at radius 2 is 2.50 bits per heavy atom. The van der Waals surface area contributed by atoms with E-state index in [0.717, 1.165) is 11.9 Å². The number of aliphatic carboxylic acids is 1. The van der Waals surface area contributed by atoms with Gasteiger partial charge in [0.05, 0.1) is 6.42 Å². The molecule has 0 aromatic heterocycles. The summed E-state index contributed by atoms with van der Waals surface area (Å²) < 4.78 is 6.34. The zero-order chi connectivity index (χ0) is 8.97. The predicted octanol–water partition coefficient (Wildman–Crippen LogP) is 0.561. The first kappa shape index (κ1) is 9.34. The van der Waals surface area contributed by atoms with Gasteiger partial charge in [-0.15, -0.1) is 0 Å². The average molecular weight is 191 g/mol. The molecule has 0 spiro atoms. The van der Waals surface area contributed by atoms with Gasteiger partial charge in [-0.05, 0) is 0 Å². The fourth-order valence-electron chi connectivity index (χ4n) is 0.786. The molecule has 1 fully saturated rings. The monoisotopic (exact) mass is 191 g/mol. The maximum atomic E-state index is 10.7. The second-order valence-corrected chi connectivity index (χ2v) is 3.29. The normalized spacial score (nSPS) is 18.8. The first-order valence-electron chi connectivity index (χ1n) is 3.50. The summed E-state index contributed by atoms with van der Waals surface area (Å²) >= 11 is 0.937. The Labute approximate surface area is 73.8 Å². The molecule has 0 aromatic rings. The summed E-state index contributed by atoms with van der Waals surface area (Å²) in [4.78, 5) is 20.8. The third-order valence-electron chi connectivity index (χ3n) is 1.34. The molecular weight excluding hydrogens is 182 g/mol. The maximum absolute atomic E-state index is 10.7. The Balaban J connectivity index is 2.23. The van der Waals surface area contributed by atoms with E-state index in [-0.39, 0.29) is 11.7 Å². The molecule has 1 rings (SSSR count). The van der Waals surface area contributed by atoms with Gasteiger partial charge in [0.15, 0.2) is 0 Å². The number of hydrogen-bond donors (Lipinski definition) is 1. The van der Waals surface area contributed by atoms with Crippen LogP contribution in [0.3, 0.4) is 0 Å². The van der Waals surface area contributed by atoms with Gasteiger partial charge in [-0.3, -0.25) is 4.79 Å². The molecule has 0 bridgehead atoms. The number of carboxylic acids is 1. The molecule has 1 saturated heterocycles. The van der Waals surface area contributed by atoms with Crippen LogP contribution < -0.4 is 0 Å². The van der Waals surface area contributed by atoms with E-state index in [2.05, 4.69) is 4.74 Å². The minimum Gasteiger partial charge on any atom is -0.481 e. The van der Waals surface area contributed by atoms with Crippen molar-refractivity contribution in [3.8, 4) is 0 Å². The zero-order valence-corrected chi connectivity index (χ0v) is 7.17. The van der Waals surface area contributed by atoms with Gasteiger partial charge in [-0.1, -0.05) is 0 Å². The number of nitrogens with zero attached hydrogens (tertiary/aromatic N) is 1. The summed E-state index contributed by atoms with van der Waals surface area (Å²) in [6.07, 6.45) is 0.0558. The van der Waals surface area contributed by atoms with E-state index < -0.39 is 5.97 Å². The van der Waals surface area contributed by atoms with E-state index in [4.69, 9.17) is 5.11 Å². The number of carbonyl (C=O) groups is 2. The van der Waals surface area contributed by atoms with E-state index >= 15 is 0 Å². The first-order valence-corrected chi connectivity index (χ1v) is 4.27. The number of carboxylic acid groups (broad SMARTS) is 1. The Kier molecular flexibility index (Phi) is 3.36. The van der Waals surface area contributed by atoms with Crippen molar-refractivity contribution in [3.05, 3.63) is 0 Å². The van der Waals surface area contributed by atoms with Crippen molar-refractivity contribution in [2.24, 2.45) is 0 Å². The quantitative estimate of drug-likeness (QED) is 0.519. The van der Waals surface area contributed by atoms with Crippen LogP contribution in [0.15, 0.2) is 0 Å². The molecule has 1 aliphatic rings. The van der Waals surface area contributed by atoms with Crippen LogP contribution in [0.25, 0.3) is 0 Å². The molecule has 5 nitrogen and oxygen atoms in total. The summed E-state index contributed by atoms with van der Waals surface area (Å²) in [5.41, 5.74) is 0. The summed E-state index contributed by atoms with van der Waals surface area (Å²) in [6, 6.07) is 0. The van der Waals surface area contributed by atoms with Gasteiger partial charge in [0.2, 0.25) is 0 Å². The lowest BCUT2D eigenvalue weighted by Crippen LogP contribution is -2.30. The molecule has 1 heterocycles. The SMILES string of the molecule is O=C(O)CCN1CCOC(=O)S1. The van der Waals surface area contributed by atoms with Crippen molar-refractivity contribution in [1.29, 1.82) is 0 Å². The second kappa shape index (κ2) is 4.32. The first-order chi connectivity index (χ1) is 5.68. The van der Waals surface area contributed by atoms with E-state index in [1.807, 2.05) is 0 Å². The molecular formula is C6H9NO4S. The molecule has 0 amide bonds. The van der Waals surface area contributed by atoms with Gasteiger partial charge in [-0.2, -0.15) is 0 Å². The number of carbonyl (C=O) groups excluding carboxylic acids is 1. The van der Waals surface area contributed by atoms with Crippen molar-refractivity contribution < 1.29 is 19.4 Å². The molecule has 1 aliphatic heterocycles. The highest BCUT2D eigenvalue weighted by atomic mass is 32.2. The molecule has 0 atom stereocenters. The molecule has 0 aromatic carbocycles. The third-order valence-corrected chi connectivity index (χ3v) is 2.23. The van der Waals surface area contributed by atoms with Gasteiger partial charge < -0.3 is 9.84 Å². The van der Waals surface area contributed by atoms with Crippen LogP contribution >= 0.6 is 11.9 Å². The summed E-state index contributed by atoms with van der Waals surface area (Å²) in [5, 5.41) is 8.00. The number of hydrogen-bond acceptors (Lipinski definition) is 5. The second-order valence-electron chi connectivity index (χ2n) is 2.26. The summed E-state index contributed by atoms with van der Waals surface area (Å²) in [5.74, 6) is -0.852. The van der Waals surface area contributed by atoms with Crippen LogP contribution in [-0.4, -0.2) is 40.4 Å². The van der Waals surface area contributed by atoms with Crippen LogP contribution in [-0.2, 0) is 9.53 Å². The lowest BCUT2D eigenvalue weighted by molar-refractivity contribution is -0.137. The van der Waals surface area contributed by atoms with E-state index in [0.29, 0.717) is 19.7 Å². The summed E-state index contributed by atoms with van der Waals surface area (Å²) in [7, 11) is 0. The highest BCUT2D eigenvalue weighted by molar-refractivity contribution is 8.11. The predicted molar refractivity (Wildman–Crippen MR) is 42.8 cm³/mol. The summed E-state index contributed by atoms with van der Waals surface area (Å²) in [6.45, 7) is 1.34. The molecule has 0 unspecified atom stereocenters. The topological polar surface area (TPSA) is 66.8 Å². The molecule has 6 heteroatoms. The van der Waals surface area contributed by atoms with Gasteiger partial charge in [0.25, 0.3) is 0 Å². The van der Waals surface area contributed by atoms with Crippen LogP contribution in [0, 0.1) is 0 Å². The average Bonchev–Trinajstić information content (AvgIpc) is 2.01. The lowest BCUT2D eigenvalue weighted by atomic mass is 10.4. The van der Waals surface area contributed by atoms with Crippen molar-refractivity contribution in [1.82, 2.24) is 4.31 Å². The van der Waals surface area contributed by atoms with E-state index in [9.17, 15) is 9.59 Å². The molecule has 12 heavy (non-hydrogen) atoms. The smallest absolute Gasteiger partial charge is 0.382 e. The zero-order valence-electron chi connectivity index (χ0n) is 6.36. The van der Waals surface area contributed by atoms with Crippen LogP contribution in [0.4, 0.5) is 4.79 Å². The fraction of sp³-hybridized carbons (Fsp3) is 0.667. The molecule has 0 aliphatic carbocycles. The van der Waals surface area contributed by atoms with Crippen molar-refractivity contribution in [3.63, 3.8) is 0 Å². The maximum Gasteiger partial charge on any atom is 0.382 e. The third kappa shape index (κ3) is 3.10. The Hall–Kier alpha value is -0.750. The van der Waals surface area contributed by atoms with Crippen LogP contribution in [0.5, 0.6) is 0 Å². The van der Waals surface area contributed by atoms with Crippen LogP contribution in [0.1, 0.15) is 6.42 Å².